The molecule has 5 nitrogen and oxygen atoms in total. The zero-order chi connectivity index (χ0) is 13.8. The fraction of sp³-hybridized carbons (Fsp3) is 0.231. The van der Waals surface area contributed by atoms with E-state index in [1.807, 2.05) is 6.07 Å². The number of rotatable bonds is 4. The van der Waals surface area contributed by atoms with Crippen molar-refractivity contribution in [3.8, 4) is 21.9 Å². The summed E-state index contributed by atoms with van der Waals surface area (Å²) in [5.41, 5.74) is 2.75. The molecule has 1 heterocycles. The highest BCUT2D eigenvalue weighted by atomic mass is 32.1. The molecule has 0 aliphatic rings. The Morgan fingerprint density at radius 2 is 1.89 bits per heavy atom. The summed E-state index contributed by atoms with van der Waals surface area (Å²) in [6.45, 7) is 0. The van der Waals surface area contributed by atoms with E-state index in [2.05, 4.69) is 4.98 Å². The average molecular weight is 279 g/mol. The normalized spacial score (nSPS) is 10.1. The summed E-state index contributed by atoms with van der Waals surface area (Å²) in [5, 5.41) is 0. The lowest BCUT2D eigenvalue weighted by Crippen LogP contribution is -2.03. The van der Waals surface area contributed by atoms with Crippen LogP contribution in [0.3, 0.4) is 0 Å². The Morgan fingerprint density at radius 1 is 1.16 bits per heavy atom. The average Bonchev–Trinajstić information content (AvgIpc) is 2.95. The fourth-order valence-corrected chi connectivity index (χ4v) is 2.44. The van der Waals surface area contributed by atoms with Crippen LogP contribution in [-0.2, 0) is 4.74 Å². The highest BCUT2D eigenvalue weighted by molar-refractivity contribution is 7.13. The smallest absolute Gasteiger partial charge is 0.358 e. The van der Waals surface area contributed by atoms with Crippen molar-refractivity contribution < 1.29 is 19.0 Å². The van der Waals surface area contributed by atoms with Gasteiger partial charge in [0.25, 0.3) is 0 Å². The number of carbonyl (C=O) groups excluding carboxylic acids is 1. The van der Waals surface area contributed by atoms with Gasteiger partial charge in [-0.25, -0.2) is 9.78 Å². The van der Waals surface area contributed by atoms with Crippen LogP contribution in [0.4, 0.5) is 0 Å². The van der Waals surface area contributed by atoms with Gasteiger partial charge < -0.3 is 14.2 Å². The Morgan fingerprint density at radius 3 is 2.53 bits per heavy atom. The maximum Gasteiger partial charge on any atom is 0.358 e. The molecule has 0 N–H and O–H groups in total. The van der Waals surface area contributed by atoms with Crippen LogP contribution in [0.15, 0.2) is 23.7 Å². The van der Waals surface area contributed by atoms with Crippen LogP contribution in [0.2, 0.25) is 0 Å². The third-order valence-corrected chi connectivity index (χ3v) is 3.47. The van der Waals surface area contributed by atoms with E-state index in [0.29, 0.717) is 17.2 Å². The molecule has 0 amide bonds. The standard InChI is InChI=1S/C13H13NO4S/c1-16-9-5-4-8(6-10(9)17-2)12-11(13(15)18-3)14-7-19-12/h4-7H,1-3H3. The largest absolute Gasteiger partial charge is 0.493 e. The van der Waals surface area contributed by atoms with Crippen molar-refractivity contribution in [2.75, 3.05) is 21.3 Å². The van der Waals surface area contributed by atoms with Crippen molar-refractivity contribution in [1.82, 2.24) is 4.98 Å². The second-order valence-electron chi connectivity index (χ2n) is 3.59. The Labute approximate surface area is 114 Å². The van der Waals surface area contributed by atoms with Gasteiger partial charge in [0.2, 0.25) is 0 Å². The molecule has 0 bridgehead atoms. The number of nitrogens with zero attached hydrogens (tertiary/aromatic N) is 1. The monoisotopic (exact) mass is 279 g/mol. The quantitative estimate of drug-likeness (QED) is 0.805. The van der Waals surface area contributed by atoms with Crippen molar-refractivity contribution in [2.24, 2.45) is 0 Å². The first-order chi connectivity index (χ1) is 9.21. The van der Waals surface area contributed by atoms with Crippen molar-refractivity contribution in [3.05, 3.63) is 29.4 Å². The number of aromatic nitrogens is 1. The van der Waals surface area contributed by atoms with Crippen LogP contribution in [0.5, 0.6) is 11.5 Å². The summed E-state index contributed by atoms with van der Waals surface area (Å²) in [4.78, 5) is 16.4. The van der Waals surface area contributed by atoms with Crippen molar-refractivity contribution in [2.45, 2.75) is 0 Å². The third-order valence-electron chi connectivity index (χ3n) is 2.59. The van der Waals surface area contributed by atoms with Crippen LogP contribution in [-0.4, -0.2) is 32.3 Å². The van der Waals surface area contributed by atoms with E-state index >= 15 is 0 Å². The molecular weight excluding hydrogens is 266 g/mol. The maximum absolute atomic E-state index is 11.6. The van der Waals surface area contributed by atoms with Gasteiger partial charge in [0.15, 0.2) is 17.2 Å². The van der Waals surface area contributed by atoms with Crippen LogP contribution in [0.1, 0.15) is 10.5 Å². The lowest BCUT2D eigenvalue weighted by Gasteiger charge is -2.09. The number of ether oxygens (including phenoxy) is 3. The molecule has 0 aliphatic carbocycles. The predicted octanol–water partition coefficient (Wildman–Crippen LogP) is 2.61. The second kappa shape index (κ2) is 5.71. The molecule has 6 heteroatoms. The Bertz CT molecular complexity index is 594. The molecule has 1 aromatic heterocycles. The summed E-state index contributed by atoms with van der Waals surface area (Å²) in [5.74, 6) is 0.783. The van der Waals surface area contributed by atoms with Gasteiger partial charge in [-0.05, 0) is 23.8 Å². The maximum atomic E-state index is 11.6. The molecule has 100 valence electrons. The minimum Gasteiger partial charge on any atom is -0.493 e. The number of benzene rings is 1. The van der Waals surface area contributed by atoms with Crippen LogP contribution in [0.25, 0.3) is 10.4 Å². The second-order valence-corrected chi connectivity index (χ2v) is 4.45. The van der Waals surface area contributed by atoms with Gasteiger partial charge in [-0.2, -0.15) is 0 Å². The first kappa shape index (κ1) is 13.4. The Kier molecular flexibility index (Phi) is 4.01. The Hall–Kier alpha value is -2.08. The lowest BCUT2D eigenvalue weighted by atomic mass is 10.1. The summed E-state index contributed by atoms with van der Waals surface area (Å²) in [7, 11) is 4.47. The molecule has 0 fully saturated rings. The highest BCUT2D eigenvalue weighted by Gasteiger charge is 2.18. The highest BCUT2D eigenvalue weighted by Crippen LogP contribution is 2.35. The number of carbonyl (C=O) groups is 1. The van der Waals surface area contributed by atoms with E-state index in [1.54, 1.807) is 31.9 Å². The minimum atomic E-state index is -0.453. The summed E-state index contributed by atoms with van der Waals surface area (Å²) >= 11 is 1.37. The zero-order valence-electron chi connectivity index (χ0n) is 10.8. The molecule has 2 rings (SSSR count). The minimum absolute atomic E-state index is 0.305. The van der Waals surface area contributed by atoms with Gasteiger partial charge in [-0.1, -0.05) is 0 Å². The van der Waals surface area contributed by atoms with Gasteiger partial charge in [0.05, 0.1) is 31.7 Å². The molecular formula is C13H13NO4S. The van der Waals surface area contributed by atoms with Gasteiger partial charge in [0, 0.05) is 0 Å². The first-order valence-electron chi connectivity index (χ1n) is 5.45. The van der Waals surface area contributed by atoms with E-state index in [9.17, 15) is 4.79 Å². The molecule has 0 unspecified atom stereocenters. The van der Waals surface area contributed by atoms with E-state index in [1.165, 1.54) is 18.4 Å². The van der Waals surface area contributed by atoms with Crippen LogP contribution in [0, 0.1) is 0 Å². The van der Waals surface area contributed by atoms with E-state index in [0.717, 1.165) is 10.4 Å². The van der Waals surface area contributed by atoms with Crippen LogP contribution < -0.4 is 9.47 Å². The number of hydrogen-bond acceptors (Lipinski definition) is 6. The first-order valence-corrected chi connectivity index (χ1v) is 6.33. The molecule has 0 radical (unpaired) electrons. The molecule has 0 saturated carbocycles. The van der Waals surface area contributed by atoms with Gasteiger partial charge in [-0.15, -0.1) is 11.3 Å². The van der Waals surface area contributed by atoms with Gasteiger partial charge in [0.1, 0.15) is 0 Å². The molecule has 2 aromatic rings. The number of methoxy groups -OCH3 is 3. The fourth-order valence-electron chi connectivity index (χ4n) is 1.67. The molecule has 0 spiro atoms. The van der Waals surface area contributed by atoms with E-state index < -0.39 is 5.97 Å². The Balaban J connectivity index is 2.48. The van der Waals surface area contributed by atoms with Gasteiger partial charge in [-0.3, -0.25) is 0 Å². The van der Waals surface area contributed by atoms with Crippen LogP contribution >= 0.6 is 11.3 Å². The number of hydrogen-bond donors (Lipinski definition) is 0. The number of esters is 1. The molecule has 0 aliphatic heterocycles. The van der Waals surface area contributed by atoms with E-state index in [4.69, 9.17) is 14.2 Å². The molecule has 1 aromatic carbocycles. The van der Waals surface area contributed by atoms with E-state index in [-0.39, 0.29) is 0 Å². The molecule has 0 saturated heterocycles. The molecule has 19 heavy (non-hydrogen) atoms. The van der Waals surface area contributed by atoms with Crippen molar-refractivity contribution >= 4 is 17.3 Å². The number of thiazole rings is 1. The summed E-state index contributed by atoms with van der Waals surface area (Å²) in [6.07, 6.45) is 0. The van der Waals surface area contributed by atoms with Crippen molar-refractivity contribution in [1.29, 1.82) is 0 Å². The third kappa shape index (κ3) is 2.53. The lowest BCUT2D eigenvalue weighted by molar-refractivity contribution is 0.0596. The van der Waals surface area contributed by atoms with Gasteiger partial charge >= 0.3 is 5.97 Å². The zero-order valence-corrected chi connectivity index (χ0v) is 11.6. The molecule has 0 atom stereocenters. The van der Waals surface area contributed by atoms with Crippen molar-refractivity contribution in [3.63, 3.8) is 0 Å². The topological polar surface area (TPSA) is 57.7 Å². The SMILES string of the molecule is COC(=O)c1ncsc1-c1ccc(OC)c(OC)c1. The summed E-state index contributed by atoms with van der Waals surface area (Å²) in [6, 6.07) is 5.44. The summed E-state index contributed by atoms with van der Waals surface area (Å²) < 4.78 is 15.1. The predicted molar refractivity (Wildman–Crippen MR) is 72.0 cm³/mol.